The highest BCUT2D eigenvalue weighted by Gasteiger charge is 2.38. The molecule has 1 amide bonds. The van der Waals surface area contributed by atoms with E-state index in [-0.39, 0.29) is 25.3 Å². The maximum Gasteiger partial charge on any atom is 0.303 e. The third-order valence-electron chi connectivity index (χ3n) is 5.11. The van der Waals surface area contributed by atoms with Crippen LogP contribution in [0.3, 0.4) is 0 Å². The number of nitrogens with zero attached hydrogens (tertiary/aromatic N) is 4. The van der Waals surface area contributed by atoms with Gasteiger partial charge in [-0.15, -0.1) is 0 Å². The van der Waals surface area contributed by atoms with Crippen LogP contribution in [-0.2, 0) is 9.59 Å². The Morgan fingerprint density at radius 2 is 2.07 bits per heavy atom. The number of hydrogen-bond acceptors (Lipinski definition) is 6. The summed E-state index contributed by atoms with van der Waals surface area (Å²) in [5.74, 6) is -1.06. The summed E-state index contributed by atoms with van der Waals surface area (Å²) in [7, 11) is 1.65. The van der Waals surface area contributed by atoms with Crippen molar-refractivity contribution in [3.05, 3.63) is 30.1 Å². The lowest BCUT2D eigenvalue weighted by Gasteiger charge is -2.29. The van der Waals surface area contributed by atoms with Crippen LogP contribution < -0.4 is 4.90 Å². The van der Waals surface area contributed by atoms with Crippen LogP contribution in [0.5, 0.6) is 0 Å². The number of carboxylic acid groups (broad SMARTS) is 1. The van der Waals surface area contributed by atoms with Crippen molar-refractivity contribution in [3.63, 3.8) is 0 Å². The molecule has 0 bridgehead atoms. The standard InChI is InChI=1S/C20H26N4O4/c1-14-6-7-15-19(22-14)16(8-10-21-15)24-11-9-20(28,13-24)12-23(2)17(25)4-3-5-18(26)27/h6-8,10,28H,3-5,9,11-13H2,1-2H3,(H,26,27). The highest BCUT2D eigenvalue weighted by molar-refractivity contribution is 5.88. The number of aromatic nitrogens is 2. The molecule has 1 fully saturated rings. The number of amides is 1. The Morgan fingerprint density at radius 1 is 1.29 bits per heavy atom. The number of pyridine rings is 2. The number of β-amino-alcohol motifs (C(OH)–C–C–N with tert-alkyl or cyclic N) is 1. The number of carboxylic acids is 1. The molecule has 2 aromatic heterocycles. The Bertz CT molecular complexity index is 888. The van der Waals surface area contributed by atoms with Crippen molar-refractivity contribution < 1.29 is 19.8 Å². The molecule has 1 saturated heterocycles. The van der Waals surface area contributed by atoms with Crippen LogP contribution in [-0.4, -0.2) is 69.2 Å². The lowest BCUT2D eigenvalue weighted by atomic mass is 10.0. The van der Waals surface area contributed by atoms with Crippen molar-refractivity contribution >= 4 is 28.6 Å². The molecule has 0 radical (unpaired) electrons. The summed E-state index contributed by atoms with van der Waals surface area (Å²) in [6.07, 6.45) is 2.72. The first kappa shape index (κ1) is 20.0. The number of aliphatic carboxylic acids is 1. The van der Waals surface area contributed by atoms with E-state index >= 15 is 0 Å². The average molecular weight is 386 g/mol. The smallest absolute Gasteiger partial charge is 0.303 e. The normalized spacial score (nSPS) is 19.2. The van der Waals surface area contributed by atoms with Gasteiger partial charge in [0.15, 0.2) is 0 Å². The van der Waals surface area contributed by atoms with E-state index in [0.717, 1.165) is 22.4 Å². The van der Waals surface area contributed by atoms with Gasteiger partial charge in [0.05, 0.1) is 17.7 Å². The van der Waals surface area contributed by atoms with Crippen molar-refractivity contribution in [2.75, 3.05) is 31.6 Å². The topological polar surface area (TPSA) is 107 Å². The van der Waals surface area contributed by atoms with E-state index in [0.29, 0.717) is 25.9 Å². The van der Waals surface area contributed by atoms with Gasteiger partial charge >= 0.3 is 5.97 Å². The van der Waals surface area contributed by atoms with Crippen molar-refractivity contribution in [1.29, 1.82) is 0 Å². The van der Waals surface area contributed by atoms with Crippen molar-refractivity contribution in [1.82, 2.24) is 14.9 Å². The zero-order valence-electron chi connectivity index (χ0n) is 16.3. The minimum atomic E-state index is -1.02. The van der Waals surface area contributed by atoms with Crippen LogP contribution in [0.4, 0.5) is 5.69 Å². The highest BCUT2D eigenvalue weighted by Crippen LogP contribution is 2.31. The molecule has 1 aliphatic heterocycles. The maximum absolute atomic E-state index is 12.2. The molecule has 28 heavy (non-hydrogen) atoms. The van der Waals surface area contributed by atoms with Gasteiger partial charge in [-0.25, -0.2) is 4.98 Å². The van der Waals surface area contributed by atoms with Gasteiger partial charge in [-0.3, -0.25) is 14.6 Å². The zero-order chi connectivity index (χ0) is 20.3. The molecule has 1 atom stereocenters. The van der Waals surface area contributed by atoms with Gasteiger partial charge in [-0.2, -0.15) is 0 Å². The van der Waals surface area contributed by atoms with Gasteiger partial charge in [0.1, 0.15) is 11.1 Å². The van der Waals surface area contributed by atoms with E-state index in [2.05, 4.69) is 14.9 Å². The van der Waals surface area contributed by atoms with Crippen LogP contribution in [0.15, 0.2) is 24.4 Å². The maximum atomic E-state index is 12.2. The fourth-order valence-electron chi connectivity index (χ4n) is 3.67. The number of likely N-dealkylation sites (N-methyl/N-ethyl adjacent to an activating group) is 1. The van der Waals surface area contributed by atoms with Gasteiger partial charge in [-0.1, -0.05) is 0 Å². The monoisotopic (exact) mass is 386 g/mol. The second-order valence-electron chi connectivity index (χ2n) is 7.54. The SMILES string of the molecule is Cc1ccc2nccc(N3CCC(O)(CN(C)C(=O)CCCC(=O)O)C3)c2n1. The average Bonchev–Trinajstić information content (AvgIpc) is 3.02. The van der Waals surface area contributed by atoms with E-state index in [9.17, 15) is 14.7 Å². The molecule has 3 heterocycles. The number of aliphatic hydroxyl groups is 1. The summed E-state index contributed by atoms with van der Waals surface area (Å²) >= 11 is 0. The molecule has 0 aromatic carbocycles. The third kappa shape index (κ3) is 4.56. The van der Waals surface area contributed by atoms with Gasteiger partial charge in [0.25, 0.3) is 0 Å². The first-order chi connectivity index (χ1) is 13.3. The van der Waals surface area contributed by atoms with Gasteiger partial charge in [0, 0.05) is 44.9 Å². The number of rotatable bonds is 7. The third-order valence-corrected chi connectivity index (χ3v) is 5.11. The molecule has 8 nitrogen and oxygen atoms in total. The van der Waals surface area contributed by atoms with Crippen molar-refractivity contribution in [2.24, 2.45) is 0 Å². The van der Waals surface area contributed by atoms with Crippen molar-refractivity contribution in [2.45, 2.75) is 38.2 Å². The molecular weight excluding hydrogens is 360 g/mol. The second-order valence-corrected chi connectivity index (χ2v) is 7.54. The summed E-state index contributed by atoms with van der Waals surface area (Å²) in [6.45, 7) is 3.20. The van der Waals surface area contributed by atoms with Gasteiger partial charge in [0.2, 0.25) is 5.91 Å². The number of carbonyl (C=O) groups is 2. The predicted molar refractivity (Wildman–Crippen MR) is 105 cm³/mol. The number of anilines is 1. The van der Waals surface area contributed by atoms with Crippen LogP contribution >= 0.6 is 0 Å². The fourth-order valence-corrected chi connectivity index (χ4v) is 3.67. The summed E-state index contributed by atoms with van der Waals surface area (Å²) < 4.78 is 0. The Balaban J connectivity index is 1.66. The Hall–Kier alpha value is -2.74. The van der Waals surface area contributed by atoms with E-state index < -0.39 is 11.6 Å². The Morgan fingerprint density at radius 3 is 2.82 bits per heavy atom. The van der Waals surface area contributed by atoms with E-state index in [4.69, 9.17) is 5.11 Å². The molecule has 3 rings (SSSR count). The second kappa shape index (κ2) is 8.10. The molecule has 1 aliphatic rings. The quantitative estimate of drug-likeness (QED) is 0.744. The number of hydrogen-bond donors (Lipinski definition) is 2. The van der Waals surface area contributed by atoms with E-state index in [1.54, 1.807) is 13.2 Å². The summed E-state index contributed by atoms with van der Waals surface area (Å²) in [4.78, 5) is 35.3. The molecule has 0 aliphatic carbocycles. The van der Waals surface area contributed by atoms with Gasteiger partial charge < -0.3 is 20.0 Å². The minimum absolute atomic E-state index is 0.0286. The fraction of sp³-hybridized carbons (Fsp3) is 0.500. The molecule has 0 saturated carbocycles. The zero-order valence-corrected chi connectivity index (χ0v) is 16.3. The molecule has 2 aromatic rings. The van der Waals surface area contributed by atoms with E-state index in [1.807, 2.05) is 25.1 Å². The highest BCUT2D eigenvalue weighted by atomic mass is 16.4. The Labute approximate surface area is 163 Å². The lowest BCUT2D eigenvalue weighted by Crippen LogP contribution is -2.45. The van der Waals surface area contributed by atoms with Crippen molar-refractivity contribution in [3.8, 4) is 0 Å². The minimum Gasteiger partial charge on any atom is -0.481 e. The molecule has 2 N–H and O–H groups in total. The van der Waals surface area contributed by atoms with Crippen LogP contribution in [0.2, 0.25) is 0 Å². The van der Waals surface area contributed by atoms with E-state index in [1.165, 1.54) is 4.90 Å². The number of fused-ring (bicyclic) bond motifs is 1. The lowest BCUT2D eigenvalue weighted by molar-refractivity contribution is -0.137. The predicted octanol–water partition coefficient (Wildman–Crippen LogP) is 1.59. The number of carbonyl (C=O) groups excluding carboxylic acids is 1. The summed E-state index contributed by atoms with van der Waals surface area (Å²) in [6, 6.07) is 5.76. The first-order valence-electron chi connectivity index (χ1n) is 9.43. The molecular formula is C20H26N4O4. The van der Waals surface area contributed by atoms with Gasteiger partial charge in [-0.05, 0) is 38.0 Å². The van der Waals surface area contributed by atoms with Crippen LogP contribution in [0, 0.1) is 6.92 Å². The largest absolute Gasteiger partial charge is 0.481 e. The molecule has 150 valence electrons. The number of aryl methyl sites for hydroxylation is 1. The molecule has 1 unspecified atom stereocenters. The molecule has 0 spiro atoms. The summed E-state index contributed by atoms with van der Waals surface area (Å²) in [5, 5.41) is 19.7. The Kier molecular flexibility index (Phi) is 5.79. The first-order valence-corrected chi connectivity index (χ1v) is 9.43. The molecule has 8 heteroatoms. The summed E-state index contributed by atoms with van der Waals surface area (Å²) in [5.41, 5.74) is 2.44. The van der Waals surface area contributed by atoms with Crippen LogP contribution in [0.25, 0.3) is 11.0 Å². The van der Waals surface area contributed by atoms with Crippen LogP contribution in [0.1, 0.15) is 31.4 Å².